The molecule has 0 saturated carbocycles. The van der Waals surface area contributed by atoms with E-state index in [1.54, 1.807) is 13.8 Å². The lowest BCUT2D eigenvalue weighted by molar-refractivity contribution is -0.138. The lowest BCUT2D eigenvalue weighted by Crippen LogP contribution is -2.08. The van der Waals surface area contributed by atoms with Crippen molar-refractivity contribution in [3.8, 4) is 0 Å². The third kappa shape index (κ3) is 10.4. The number of esters is 2. The van der Waals surface area contributed by atoms with E-state index in [-0.39, 0.29) is 23.2 Å². The van der Waals surface area contributed by atoms with Gasteiger partial charge in [0.25, 0.3) is 0 Å². The summed E-state index contributed by atoms with van der Waals surface area (Å²) in [6, 6.07) is 0. The summed E-state index contributed by atoms with van der Waals surface area (Å²) in [5.74, 6) is -2.45. The number of hydrogen-bond acceptors (Lipinski definition) is 5. The molecule has 0 heterocycles. The number of carboxylic acid groups (broad SMARTS) is 1. The van der Waals surface area contributed by atoms with Crippen LogP contribution >= 0.6 is 11.6 Å². The molecule has 0 rings (SSSR count). The van der Waals surface area contributed by atoms with E-state index in [2.05, 4.69) is 22.6 Å². The molecule has 0 aromatic heterocycles. The molecule has 118 valence electrons. The Balaban J connectivity index is 0. The highest BCUT2D eigenvalue weighted by Gasteiger charge is 2.12. The van der Waals surface area contributed by atoms with Gasteiger partial charge in [-0.1, -0.05) is 13.2 Å². The highest BCUT2D eigenvalue weighted by molar-refractivity contribution is 6.19. The fourth-order valence-electron chi connectivity index (χ4n) is 0.741. The highest BCUT2D eigenvalue weighted by atomic mass is 35.5. The molecule has 0 radical (unpaired) electrons. The van der Waals surface area contributed by atoms with Gasteiger partial charge in [0.1, 0.15) is 5.76 Å². The second-order valence-corrected chi connectivity index (χ2v) is 3.88. The van der Waals surface area contributed by atoms with Crippen LogP contribution < -0.4 is 0 Å². The van der Waals surface area contributed by atoms with Crippen LogP contribution in [0.4, 0.5) is 0 Å². The number of halogens is 1. The summed E-state index contributed by atoms with van der Waals surface area (Å²) < 4.78 is 9.15. The van der Waals surface area contributed by atoms with Gasteiger partial charge in [-0.15, -0.1) is 11.6 Å². The smallest absolute Gasteiger partial charge is 0.335 e. The average molecular weight is 319 g/mol. The molecule has 0 atom stereocenters. The van der Waals surface area contributed by atoms with Crippen LogP contribution in [0.15, 0.2) is 36.1 Å². The van der Waals surface area contributed by atoms with Crippen LogP contribution in [0.3, 0.4) is 0 Å². The maximum Gasteiger partial charge on any atom is 0.335 e. The van der Waals surface area contributed by atoms with Crippen molar-refractivity contribution in [2.24, 2.45) is 0 Å². The van der Waals surface area contributed by atoms with Gasteiger partial charge in [-0.05, 0) is 20.8 Å². The monoisotopic (exact) mass is 318 g/mol. The minimum Gasteiger partial charge on any atom is -0.478 e. The Hall–Kier alpha value is -2.08. The molecule has 21 heavy (non-hydrogen) atoms. The molecule has 0 amide bonds. The molecule has 0 spiro atoms. The maximum atomic E-state index is 10.7. The zero-order valence-electron chi connectivity index (χ0n) is 12.3. The molecule has 0 saturated heterocycles. The van der Waals surface area contributed by atoms with Crippen molar-refractivity contribution in [1.29, 1.82) is 0 Å². The van der Waals surface area contributed by atoms with Gasteiger partial charge >= 0.3 is 17.9 Å². The van der Waals surface area contributed by atoms with E-state index < -0.39 is 11.9 Å². The molecule has 1 N–H and O–H groups in total. The number of hydrogen-bond donors (Lipinski definition) is 1. The van der Waals surface area contributed by atoms with Gasteiger partial charge in [0, 0.05) is 11.6 Å². The molecule has 0 aromatic rings. The predicted octanol–water partition coefficient (Wildman–Crippen LogP) is 2.44. The van der Waals surface area contributed by atoms with Crippen LogP contribution in [0.5, 0.6) is 0 Å². The fourth-order valence-corrected chi connectivity index (χ4v) is 0.996. The summed E-state index contributed by atoms with van der Waals surface area (Å²) in [5, 5.41) is 8.54. The van der Waals surface area contributed by atoms with Crippen LogP contribution in [0.2, 0.25) is 0 Å². The SMILES string of the molecule is C=C(C)C(=O)OCC.C=CC(=O)OC(CCl)=C(C)C(=O)O. The normalized spacial score (nSPS) is 10.3. The van der Waals surface area contributed by atoms with Gasteiger partial charge in [-0.3, -0.25) is 0 Å². The number of carboxylic acids is 1. The van der Waals surface area contributed by atoms with Gasteiger partial charge in [0.05, 0.1) is 18.1 Å². The molecule has 0 aliphatic carbocycles. The molecular weight excluding hydrogens is 300 g/mol. The Bertz CT molecular complexity index is 450. The molecule has 0 aliphatic rings. The Kier molecular flexibility index (Phi) is 11.8. The van der Waals surface area contributed by atoms with Crippen molar-refractivity contribution < 1.29 is 29.0 Å². The minimum absolute atomic E-state index is 0.0703. The summed E-state index contributed by atoms with van der Waals surface area (Å²) in [6.45, 7) is 11.7. The third-order valence-corrected chi connectivity index (χ3v) is 2.12. The van der Waals surface area contributed by atoms with E-state index in [4.69, 9.17) is 16.7 Å². The standard InChI is InChI=1S/C8H9ClO4.C6H10O2/c1-3-7(10)13-6(4-9)5(2)8(11)12;1-4-8-6(7)5(2)3/h3H,1,4H2,2H3,(H,11,12);2,4H2,1,3H3. The van der Waals surface area contributed by atoms with Crippen molar-refractivity contribution in [3.63, 3.8) is 0 Å². The van der Waals surface area contributed by atoms with Crippen molar-refractivity contribution in [3.05, 3.63) is 36.1 Å². The molecule has 0 fully saturated rings. The number of carbonyl (C=O) groups excluding carboxylic acids is 2. The van der Waals surface area contributed by atoms with Crippen molar-refractivity contribution >= 4 is 29.5 Å². The summed E-state index contributed by atoms with van der Waals surface area (Å²) in [7, 11) is 0. The van der Waals surface area contributed by atoms with Crippen LogP contribution in [-0.2, 0) is 23.9 Å². The first-order valence-corrected chi connectivity index (χ1v) is 6.40. The second-order valence-electron chi connectivity index (χ2n) is 3.61. The van der Waals surface area contributed by atoms with E-state index >= 15 is 0 Å². The summed E-state index contributed by atoms with van der Waals surface area (Å²) in [4.78, 5) is 31.5. The average Bonchev–Trinajstić information content (AvgIpc) is 2.44. The van der Waals surface area contributed by atoms with Crippen molar-refractivity contribution in [2.75, 3.05) is 12.5 Å². The third-order valence-electron chi connectivity index (χ3n) is 1.87. The Morgan fingerprint density at radius 1 is 1.29 bits per heavy atom. The van der Waals surface area contributed by atoms with E-state index in [9.17, 15) is 14.4 Å². The molecular formula is C14H19ClO6. The van der Waals surface area contributed by atoms with Gasteiger partial charge in [-0.2, -0.15) is 0 Å². The molecule has 0 bridgehead atoms. The Morgan fingerprint density at radius 2 is 1.81 bits per heavy atom. The lowest BCUT2D eigenvalue weighted by atomic mass is 10.3. The summed E-state index contributed by atoms with van der Waals surface area (Å²) in [5.41, 5.74) is 0.358. The molecule has 7 heteroatoms. The molecule has 0 aromatic carbocycles. The van der Waals surface area contributed by atoms with E-state index in [1.165, 1.54) is 6.92 Å². The number of carbonyl (C=O) groups is 3. The quantitative estimate of drug-likeness (QED) is 0.350. The number of ether oxygens (including phenoxy) is 2. The second kappa shape index (κ2) is 11.7. The first kappa shape index (κ1) is 21.2. The first-order valence-electron chi connectivity index (χ1n) is 5.87. The largest absolute Gasteiger partial charge is 0.478 e. The number of rotatable bonds is 6. The van der Waals surface area contributed by atoms with Crippen LogP contribution in [0.25, 0.3) is 0 Å². The Labute approximate surface area is 128 Å². The number of alkyl halides is 1. The predicted molar refractivity (Wildman–Crippen MR) is 78.8 cm³/mol. The van der Waals surface area contributed by atoms with Crippen LogP contribution in [0, 0.1) is 0 Å². The first-order chi connectivity index (χ1) is 9.70. The van der Waals surface area contributed by atoms with E-state index in [0.29, 0.717) is 12.2 Å². The van der Waals surface area contributed by atoms with Gasteiger partial charge in [-0.25, -0.2) is 14.4 Å². The molecule has 6 nitrogen and oxygen atoms in total. The maximum absolute atomic E-state index is 10.7. The number of aliphatic carboxylic acids is 1. The lowest BCUT2D eigenvalue weighted by Gasteiger charge is -2.04. The van der Waals surface area contributed by atoms with Crippen molar-refractivity contribution in [1.82, 2.24) is 0 Å². The topological polar surface area (TPSA) is 89.9 Å². The zero-order valence-corrected chi connectivity index (χ0v) is 13.0. The van der Waals surface area contributed by atoms with E-state index in [0.717, 1.165) is 6.08 Å². The van der Waals surface area contributed by atoms with Gasteiger partial charge in [0.15, 0.2) is 0 Å². The zero-order chi connectivity index (χ0) is 17.0. The van der Waals surface area contributed by atoms with Gasteiger partial charge in [0.2, 0.25) is 0 Å². The van der Waals surface area contributed by atoms with Crippen molar-refractivity contribution in [2.45, 2.75) is 20.8 Å². The highest BCUT2D eigenvalue weighted by Crippen LogP contribution is 2.08. The fraction of sp³-hybridized carbons (Fsp3) is 0.357. The van der Waals surface area contributed by atoms with Crippen LogP contribution in [0.1, 0.15) is 20.8 Å². The Morgan fingerprint density at radius 3 is 2.05 bits per heavy atom. The summed E-state index contributed by atoms with van der Waals surface area (Å²) in [6.07, 6.45) is 0.932. The van der Waals surface area contributed by atoms with E-state index in [1.807, 2.05) is 0 Å². The minimum atomic E-state index is -1.17. The van der Waals surface area contributed by atoms with Gasteiger partial charge < -0.3 is 14.6 Å². The molecule has 0 unspecified atom stereocenters. The van der Waals surface area contributed by atoms with Crippen LogP contribution in [-0.4, -0.2) is 35.5 Å². The summed E-state index contributed by atoms with van der Waals surface area (Å²) >= 11 is 5.37. The molecule has 0 aliphatic heterocycles. The number of allylic oxidation sites excluding steroid dienone is 1.